The fourth-order valence-electron chi connectivity index (χ4n) is 18.7. The lowest BCUT2D eigenvalue weighted by atomic mass is 9.33. The summed E-state index contributed by atoms with van der Waals surface area (Å²) < 4.78 is 71.0. The number of aliphatic hydroxyl groups excluding tert-OH is 17. The van der Waals surface area contributed by atoms with Crippen molar-refractivity contribution in [2.24, 2.45) is 50.2 Å². The molecule has 30 heteroatoms. The van der Waals surface area contributed by atoms with Gasteiger partial charge >= 0.3 is 5.97 Å². The maximum absolute atomic E-state index is 15.5. The Morgan fingerprint density at radius 2 is 1.04 bits per heavy atom. The molecule has 4 saturated carbocycles. The van der Waals surface area contributed by atoms with Crippen molar-refractivity contribution in [2.45, 2.75) is 291 Å². The number of esters is 1. The van der Waals surface area contributed by atoms with Crippen molar-refractivity contribution in [3.8, 4) is 0 Å². The van der Waals surface area contributed by atoms with E-state index in [1.807, 2.05) is 6.92 Å². The van der Waals surface area contributed by atoms with E-state index in [9.17, 15) is 86.8 Å². The van der Waals surface area contributed by atoms with Crippen LogP contribution in [0.15, 0.2) is 11.6 Å². The molecule has 0 bridgehead atoms. The summed E-state index contributed by atoms with van der Waals surface area (Å²) in [6.45, 7) is 13.2. The molecule has 0 unspecified atom stereocenters. The first-order valence-electron chi connectivity index (χ1n) is 33.0. The smallest absolute Gasteiger partial charge is 0.315 e. The van der Waals surface area contributed by atoms with Gasteiger partial charge in [-0.15, -0.1) is 0 Å². The molecule has 37 atom stereocenters. The first-order chi connectivity index (χ1) is 43.6. The van der Waals surface area contributed by atoms with E-state index in [4.69, 9.17) is 56.8 Å². The molecule has 0 aromatic rings. The highest BCUT2D eigenvalue weighted by Crippen LogP contribution is 2.76. The number of rotatable bonds is 14. The summed E-state index contributed by atoms with van der Waals surface area (Å²) in [5.74, 6) is -1.33. The van der Waals surface area contributed by atoms with Gasteiger partial charge in [-0.1, -0.05) is 53.2 Å². The van der Waals surface area contributed by atoms with Crippen molar-refractivity contribution in [2.75, 3.05) is 33.0 Å². The van der Waals surface area contributed by atoms with Gasteiger partial charge in [0, 0.05) is 5.41 Å². The second-order valence-electron chi connectivity index (χ2n) is 30.5. The van der Waals surface area contributed by atoms with Crippen LogP contribution < -0.4 is 0 Å². The zero-order valence-corrected chi connectivity index (χ0v) is 53.9. The van der Waals surface area contributed by atoms with Gasteiger partial charge in [-0.3, -0.25) is 4.79 Å². The number of carbonyl (C=O) groups excluding carboxylic acids is 1. The van der Waals surface area contributed by atoms with E-state index >= 15 is 4.79 Å². The van der Waals surface area contributed by atoms with Crippen molar-refractivity contribution < 1.29 is 148 Å². The molecule has 6 saturated heterocycles. The maximum Gasteiger partial charge on any atom is 0.315 e. The van der Waals surface area contributed by atoms with Crippen LogP contribution in [0.25, 0.3) is 0 Å². The average Bonchev–Trinajstić information content (AvgIpc) is 0.674. The van der Waals surface area contributed by atoms with Crippen molar-refractivity contribution in [1.82, 2.24) is 0 Å². The van der Waals surface area contributed by atoms with Gasteiger partial charge in [0.1, 0.15) is 110 Å². The summed E-state index contributed by atoms with van der Waals surface area (Å²) in [5.41, 5.74) is -2.99. The van der Waals surface area contributed by atoms with Crippen molar-refractivity contribution in [1.29, 1.82) is 0 Å². The van der Waals surface area contributed by atoms with E-state index in [1.165, 1.54) is 13.8 Å². The minimum absolute atomic E-state index is 0.0839. The highest BCUT2D eigenvalue weighted by Gasteiger charge is 2.72. The second-order valence-corrected chi connectivity index (χ2v) is 30.5. The standard InChI is InChI=1S/C63H102O30/c1-24-35(70)39(74)42(77)53(85-24)89-47-31(69)22-83-52(44(47)79)88-46-25(2)86-54(43(78)40(46)75)91-49-37(72)30(68)21-84-56(49)93-57(81)63-15-13-58(3,4)17-27(63)26-9-10-34-59(5)18-28(66)50(60(6,23-65)33(59)11-12-62(34,8)61(26,7)14-16-63)92-55-45(80)48(38(73)32(19-64)87-55)90-51-41(76)36(71)29(67)20-82-51/h9,24-25,27-56,64-80H,10-23H2,1-8H3/t24-,25-,27-,28-,29+,30-,31+,32+,33+,34+,35-,36-,37-,38+,39+,40-,41+,42+,43+,44+,45+,46-,47-,48-,49-,50-,51-,52-,53-,54-,55-,56-,59-,60-,61+,62+,63-/m0/s1. The molecule has 534 valence electrons. The molecule has 11 aliphatic rings. The molecule has 0 spiro atoms. The van der Waals surface area contributed by atoms with Crippen LogP contribution in [0.1, 0.15) is 113 Å². The quantitative estimate of drug-likeness (QED) is 0.0443. The second kappa shape index (κ2) is 26.9. The highest BCUT2D eigenvalue weighted by molar-refractivity contribution is 5.79. The Morgan fingerprint density at radius 1 is 0.495 bits per heavy atom. The van der Waals surface area contributed by atoms with Gasteiger partial charge < -0.3 is 144 Å². The summed E-state index contributed by atoms with van der Waals surface area (Å²) in [5, 5.41) is 187. The Hall–Kier alpha value is -1.91. The predicted octanol–water partition coefficient (Wildman–Crippen LogP) is -4.47. The average molecular weight is 1340 g/mol. The zero-order valence-electron chi connectivity index (χ0n) is 53.9. The lowest BCUT2D eigenvalue weighted by Gasteiger charge is -2.72. The van der Waals surface area contributed by atoms with Crippen molar-refractivity contribution >= 4 is 5.97 Å². The third kappa shape index (κ3) is 12.3. The summed E-state index contributed by atoms with van der Waals surface area (Å²) in [6, 6.07) is 0. The molecular formula is C63H102O30. The Balaban J connectivity index is 0.784. The van der Waals surface area contributed by atoms with E-state index in [2.05, 4.69) is 40.7 Å². The van der Waals surface area contributed by atoms with Gasteiger partial charge in [0.25, 0.3) is 0 Å². The normalized spacial score (nSPS) is 55.7. The van der Waals surface area contributed by atoms with E-state index in [1.54, 1.807) is 0 Å². The van der Waals surface area contributed by atoms with Crippen molar-refractivity contribution in [3.05, 3.63) is 11.6 Å². The van der Waals surface area contributed by atoms with Crippen LogP contribution in [-0.4, -0.2) is 304 Å². The number of hydrogen-bond donors (Lipinski definition) is 17. The van der Waals surface area contributed by atoms with E-state index in [-0.39, 0.29) is 29.6 Å². The summed E-state index contributed by atoms with van der Waals surface area (Å²) in [7, 11) is 0. The van der Waals surface area contributed by atoms with Crippen LogP contribution in [0.4, 0.5) is 0 Å². The molecule has 0 radical (unpaired) electrons. The highest BCUT2D eigenvalue weighted by atomic mass is 16.8. The van der Waals surface area contributed by atoms with Gasteiger partial charge in [0.2, 0.25) is 6.29 Å². The minimum atomic E-state index is -1.96. The molecule has 17 N–H and O–H groups in total. The Morgan fingerprint density at radius 3 is 1.71 bits per heavy atom. The monoisotopic (exact) mass is 1340 g/mol. The molecule has 93 heavy (non-hydrogen) atoms. The van der Waals surface area contributed by atoms with E-state index < -0.39 is 244 Å². The third-order valence-electron chi connectivity index (χ3n) is 24.5. The number of fused-ring (bicyclic) bond motifs is 7. The Labute approximate surface area is 539 Å². The zero-order chi connectivity index (χ0) is 67.7. The molecule has 6 aliphatic heterocycles. The third-order valence-corrected chi connectivity index (χ3v) is 24.5. The molecule has 0 aromatic heterocycles. The van der Waals surface area contributed by atoms with Gasteiger partial charge in [-0.25, -0.2) is 0 Å². The lowest BCUT2D eigenvalue weighted by Crippen LogP contribution is -2.70. The molecule has 0 aromatic carbocycles. The van der Waals surface area contributed by atoms with Crippen LogP contribution >= 0.6 is 0 Å². The fourth-order valence-corrected chi connectivity index (χ4v) is 18.7. The first-order valence-corrected chi connectivity index (χ1v) is 33.0. The van der Waals surface area contributed by atoms with Crippen LogP contribution in [0.5, 0.6) is 0 Å². The SMILES string of the molecule is C[C@@H]1O[C@@H](O[C@@H]2[C@@H](O)[C@H](O[C@@H]3[C@@H](O)[C@@H](O)[C@H](O[C@@H]4[C@H](OC(=O)[C@]56CCC(C)(C)C[C@H]5C5=CC[C@@H]7[C@@]8(C)C[C@H](O)[C@H](O[C@@H]9O[C@H](CO)[C@@H](O)[C@H](O[C@@H]%10OC[C@@H](O)[C@H](O)[C@H]%10O)[C@H]9O)[C@@](C)(CO)[C@@H]8CC[C@@]7(C)[C@]5(C)CC6)OC[C@H](O)[C@@H]4O)O[C@H]3C)OC[C@H]2O)[C@H](O)[C@H](O)[C@H]1O. The largest absolute Gasteiger partial charge is 0.432 e. The molecule has 30 nitrogen and oxygen atoms in total. The molecule has 11 rings (SSSR count). The molecule has 6 heterocycles. The number of aliphatic hydroxyl groups is 17. The Kier molecular flexibility index (Phi) is 20.9. The number of carbonyl (C=O) groups is 1. The van der Waals surface area contributed by atoms with Crippen LogP contribution in [0, 0.1) is 50.2 Å². The fraction of sp³-hybridized carbons (Fsp3) is 0.952. The number of ether oxygens (including phenoxy) is 12. The lowest BCUT2D eigenvalue weighted by molar-refractivity contribution is -0.377. The van der Waals surface area contributed by atoms with Gasteiger partial charge in [-0.2, -0.15) is 0 Å². The van der Waals surface area contributed by atoms with Gasteiger partial charge in [-0.05, 0) is 111 Å². The van der Waals surface area contributed by atoms with Crippen LogP contribution in [0.2, 0.25) is 0 Å². The minimum Gasteiger partial charge on any atom is -0.432 e. The summed E-state index contributed by atoms with van der Waals surface area (Å²) in [6.07, 6.45) is -39.1. The van der Waals surface area contributed by atoms with Gasteiger partial charge in [0.05, 0.1) is 62.9 Å². The number of allylic oxidation sites excluding steroid dienone is 2. The summed E-state index contributed by atoms with van der Waals surface area (Å²) >= 11 is 0. The summed E-state index contributed by atoms with van der Waals surface area (Å²) in [4.78, 5) is 15.5. The maximum atomic E-state index is 15.5. The molecule has 0 amide bonds. The number of hydrogen-bond acceptors (Lipinski definition) is 30. The van der Waals surface area contributed by atoms with E-state index in [0.29, 0.717) is 51.4 Å². The molecule has 5 aliphatic carbocycles. The molecule has 10 fully saturated rings. The predicted molar refractivity (Wildman–Crippen MR) is 310 cm³/mol. The van der Waals surface area contributed by atoms with Crippen LogP contribution in [-0.2, 0) is 61.6 Å². The topological polar surface area (TPSA) is 472 Å². The molecular weight excluding hydrogens is 1240 g/mol. The first kappa shape index (κ1) is 72.3. The Bertz CT molecular complexity index is 2630. The van der Waals surface area contributed by atoms with Gasteiger partial charge in [0.15, 0.2) is 37.6 Å². The van der Waals surface area contributed by atoms with E-state index in [0.717, 1.165) is 5.57 Å². The van der Waals surface area contributed by atoms with Crippen LogP contribution in [0.3, 0.4) is 0 Å². The van der Waals surface area contributed by atoms with Crippen molar-refractivity contribution in [3.63, 3.8) is 0 Å².